The Balaban J connectivity index is 3.29. The summed E-state index contributed by atoms with van der Waals surface area (Å²) >= 11 is 0. The van der Waals surface area contributed by atoms with Crippen molar-refractivity contribution < 1.29 is 13.0 Å². The van der Waals surface area contributed by atoms with Crippen molar-refractivity contribution >= 4 is 10.1 Å². The van der Waals surface area contributed by atoms with E-state index in [0.29, 0.717) is 12.3 Å². The average Bonchev–Trinajstić information content (AvgIpc) is 2.30. The van der Waals surface area contributed by atoms with Crippen molar-refractivity contribution in [3.63, 3.8) is 0 Å². The Morgan fingerprint density at radius 1 is 0.750 bits per heavy atom. The van der Waals surface area contributed by atoms with E-state index >= 15 is 0 Å². The Bertz CT molecular complexity index is 310. The highest BCUT2D eigenvalue weighted by Gasteiger charge is 2.07. The van der Waals surface area contributed by atoms with E-state index in [1.165, 1.54) is 51.4 Å². The molecular weight excluding hydrogens is 272 g/mol. The van der Waals surface area contributed by atoms with E-state index in [-0.39, 0.29) is 5.75 Å². The Hall–Kier alpha value is -0.0900. The molecule has 0 aliphatic rings. The lowest BCUT2D eigenvalue weighted by Crippen LogP contribution is -2.05. The van der Waals surface area contributed by atoms with E-state index in [9.17, 15) is 8.42 Å². The van der Waals surface area contributed by atoms with Crippen molar-refractivity contribution in [3.05, 3.63) is 0 Å². The van der Waals surface area contributed by atoms with Gasteiger partial charge in [-0.2, -0.15) is 8.42 Å². The Morgan fingerprint density at radius 2 is 1.20 bits per heavy atom. The van der Waals surface area contributed by atoms with Gasteiger partial charge in [-0.1, -0.05) is 72.1 Å². The van der Waals surface area contributed by atoms with Gasteiger partial charge in [0.15, 0.2) is 0 Å². The predicted molar refractivity (Wildman–Crippen MR) is 86.6 cm³/mol. The standard InChI is InChI=1S/C16H34O3S/c1-15(2)11-8-6-4-5-7-9-12-16(3)13-10-14-20(17,18)19/h15-16H,4-14H2,1-3H3,(H,17,18,19). The lowest BCUT2D eigenvalue weighted by Gasteiger charge is -2.10. The first-order valence-corrected chi connectivity index (χ1v) is 9.87. The fourth-order valence-electron chi connectivity index (χ4n) is 2.51. The van der Waals surface area contributed by atoms with Crippen LogP contribution in [-0.2, 0) is 10.1 Å². The lowest BCUT2D eigenvalue weighted by atomic mass is 9.97. The third-order valence-corrected chi connectivity index (χ3v) is 4.63. The summed E-state index contributed by atoms with van der Waals surface area (Å²) in [5, 5.41) is 0. The van der Waals surface area contributed by atoms with Crippen LogP contribution in [0, 0.1) is 11.8 Å². The molecule has 1 unspecified atom stereocenters. The van der Waals surface area contributed by atoms with Crippen LogP contribution in [0.15, 0.2) is 0 Å². The number of rotatable bonds is 13. The van der Waals surface area contributed by atoms with Crippen LogP contribution in [0.1, 0.15) is 85.0 Å². The van der Waals surface area contributed by atoms with Crippen LogP contribution in [0.3, 0.4) is 0 Å². The van der Waals surface area contributed by atoms with Gasteiger partial charge in [0, 0.05) is 0 Å². The van der Waals surface area contributed by atoms with Gasteiger partial charge in [-0.3, -0.25) is 4.55 Å². The minimum absolute atomic E-state index is 0.0901. The van der Waals surface area contributed by atoms with E-state index < -0.39 is 10.1 Å². The van der Waals surface area contributed by atoms with Crippen LogP contribution in [0.4, 0.5) is 0 Å². The van der Waals surface area contributed by atoms with Crippen molar-refractivity contribution in [2.75, 3.05) is 5.75 Å². The summed E-state index contributed by atoms with van der Waals surface area (Å²) < 4.78 is 29.8. The van der Waals surface area contributed by atoms with Gasteiger partial charge in [0.2, 0.25) is 0 Å². The first-order valence-electron chi connectivity index (χ1n) is 8.26. The summed E-state index contributed by atoms with van der Waals surface area (Å²) in [4.78, 5) is 0. The van der Waals surface area contributed by atoms with E-state index in [1.807, 2.05) is 0 Å². The van der Waals surface area contributed by atoms with Crippen LogP contribution >= 0.6 is 0 Å². The lowest BCUT2D eigenvalue weighted by molar-refractivity contribution is 0.439. The SMILES string of the molecule is CC(C)CCCCCCCCC(C)CCCS(=O)(=O)O. The summed E-state index contributed by atoms with van der Waals surface area (Å²) in [6.45, 7) is 6.74. The summed E-state index contributed by atoms with van der Waals surface area (Å²) in [6.07, 6.45) is 12.0. The zero-order valence-electron chi connectivity index (χ0n) is 13.6. The minimum Gasteiger partial charge on any atom is -0.286 e. The Labute approximate surface area is 126 Å². The van der Waals surface area contributed by atoms with Gasteiger partial charge < -0.3 is 0 Å². The third kappa shape index (κ3) is 16.0. The first-order chi connectivity index (χ1) is 9.31. The highest BCUT2D eigenvalue weighted by Crippen LogP contribution is 2.17. The predicted octanol–water partition coefficient (Wildman–Crippen LogP) is 5.07. The molecule has 1 N–H and O–H groups in total. The van der Waals surface area contributed by atoms with Crippen LogP contribution in [-0.4, -0.2) is 18.7 Å². The molecule has 4 heteroatoms. The fraction of sp³-hybridized carbons (Fsp3) is 1.00. The van der Waals surface area contributed by atoms with Crippen LogP contribution in [0.25, 0.3) is 0 Å². The van der Waals surface area contributed by atoms with Gasteiger partial charge >= 0.3 is 0 Å². The van der Waals surface area contributed by atoms with E-state index in [1.54, 1.807) is 0 Å². The van der Waals surface area contributed by atoms with Gasteiger partial charge in [-0.25, -0.2) is 0 Å². The maximum Gasteiger partial charge on any atom is 0.264 e. The number of unbranched alkanes of at least 4 members (excludes halogenated alkanes) is 5. The first kappa shape index (κ1) is 19.9. The normalized spacial score (nSPS) is 13.8. The molecule has 0 aliphatic carbocycles. The van der Waals surface area contributed by atoms with E-state index in [2.05, 4.69) is 20.8 Å². The van der Waals surface area contributed by atoms with Crippen molar-refractivity contribution in [2.45, 2.75) is 85.0 Å². The molecule has 0 aromatic heterocycles. The molecule has 0 aromatic carbocycles. The molecular formula is C16H34O3S. The minimum atomic E-state index is -3.76. The molecule has 0 radical (unpaired) electrons. The molecule has 0 saturated heterocycles. The molecule has 0 spiro atoms. The number of hydrogen-bond donors (Lipinski definition) is 1. The topological polar surface area (TPSA) is 54.4 Å². The molecule has 0 rings (SSSR count). The van der Waals surface area contributed by atoms with Gasteiger partial charge in [-0.05, 0) is 24.7 Å². The highest BCUT2D eigenvalue weighted by molar-refractivity contribution is 7.85. The van der Waals surface area contributed by atoms with Gasteiger partial charge in [0.05, 0.1) is 5.75 Å². The highest BCUT2D eigenvalue weighted by atomic mass is 32.2. The summed E-state index contributed by atoms with van der Waals surface area (Å²) in [6, 6.07) is 0. The van der Waals surface area contributed by atoms with Crippen LogP contribution in [0.2, 0.25) is 0 Å². The van der Waals surface area contributed by atoms with Crippen molar-refractivity contribution in [2.24, 2.45) is 11.8 Å². The molecule has 0 heterocycles. The van der Waals surface area contributed by atoms with Crippen LogP contribution in [0.5, 0.6) is 0 Å². The second kappa shape index (κ2) is 11.6. The summed E-state index contributed by atoms with van der Waals surface area (Å²) in [5.41, 5.74) is 0. The van der Waals surface area contributed by atoms with E-state index in [4.69, 9.17) is 4.55 Å². The molecule has 0 amide bonds. The molecule has 0 fully saturated rings. The fourth-order valence-corrected chi connectivity index (χ4v) is 3.04. The smallest absolute Gasteiger partial charge is 0.264 e. The largest absolute Gasteiger partial charge is 0.286 e. The molecule has 0 aliphatic heterocycles. The third-order valence-electron chi connectivity index (χ3n) is 3.83. The molecule has 0 saturated carbocycles. The molecule has 0 aromatic rings. The second-order valence-electron chi connectivity index (χ2n) is 6.63. The van der Waals surface area contributed by atoms with Crippen molar-refractivity contribution in [1.82, 2.24) is 0 Å². The Morgan fingerprint density at radius 3 is 1.70 bits per heavy atom. The van der Waals surface area contributed by atoms with Crippen molar-refractivity contribution in [3.8, 4) is 0 Å². The summed E-state index contributed by atoms with van der Waals surface area (Å²) in [7, 11) is -3.76. The van der Waals surface area contributed by atoms with Crippen molar-refractivity contribution in [1.29, 1.82) is 0 Å². The van der Waals surface area contributed by atoms with Gasteiger partial charge in [0.1, 0.15) is 0 Å². The molecule has 0 bridgehead atoms. The quantitative estimate of drug-likeness (QED) is 0.382. The maximum atomic E-state index is 10.6. The summed E-state index contributed by atoms with van der Waals surface area (Å²) in [5.74, 6) is 1.31. The number of hydrogen-bond acceptors (Lipinski definition) is 2. The van der Waals surface area contributed by atoms with Gasteiger partial charge in [0.25, 0.3) is 10.1 Å². The molecule has 1 atom stereocenters. The van der Waals surface area contributed by atoms with Crippen LogP contribution < -0.4 is 0 Å². The van der Waals surface area contributed by atoms with E-state index in [0.717, 1.165) is 12.3 Å². The zero-order chi connectivity index (χ0) is 15.4. The monoisotopic (exact) mass is 306 g/mol. The molecule has 20 heavy (non-hydrogen) atoms. The van der Waals surface area contributed by atoms with Gasteiger partial charge in [-0.15, -0.1) is 0 Å². The second-order valence-corrected chi connectivity index (χ2v) is 8.20. The average molecular weight is 307 g/mol. The molecule has 3 nitrogen and oxygen atoms in total. The zero-order valence-corrected chi connectivity index (χ0v) is 14.4. The molecule has 122 valence electrons. The maximum absolute atomic E-state index is 10.6. The Kier molecular flexibility index (Phi) is 11.5.